The van der Waals surface area contributed by atoms with Crippen LogP contribution in [0.5, 0.6) is 5.75 Å². The Bertz CT molecular complexity index is 947. The quantitative estimate of drug-likeness (QED) is 0.610. The van der Waals surface area contributed by atoms with E-state index in [1.54, 1.807) is 36.5 Å². The summed E-state index contributed by atoms with van der Waals surface area (Å²) in [5, 5.41) is 5.53. The molecule has 3 aromatic rings. The summed E-state index contributed by atoms with van der Waals surface area (Å²) in [5.41, 5.74) is 0.826. The number of nitrogens with zero attached hydrogens (tertiary/aromatic N) is 1. The van der Waals surface area contributed by atoms with Crippen LogP contribution in [0.4, 0.5) is 9.52 Å². The second kappa shape index (κ2) is 9.61. The van der Waals surface area contributed by atoms with Crippen LogP contribution in [-0.4, -0.2) is 29.9 Å². The Balaban J connectivity index is 1.41. The van der Waals surface area contributed by atoms with Crippen LogP contribution in [-0.2, 0) is 16.0 Å². The fourth-order valence-corrected chi connectivity index (χ4v) is 3.22. The van der Waals surface area contributed by atoms with Gasteiger partial charge in [-0.1, -0.05) is 30.3 Å². The topological polar surface area (TPSA) is 80.3 Å². The van der Waals surface area contributed by atoms with Crippen molar-refractivity contribution in [2.75, 3.05) is 18.5 Å². The zero-order chi connectivity index (χ0) is 19.8. The molecular weight excluding hydrogens is 381 g/mol. The van der Waals surface area contributed by atoms with E-state index in [9.17, 15) is 14.0 Å². The zero-order valence-electron chi connectivity index (χ0n) is 14.9. The van der Waals surface area contributed by atoms with E-state index in [4.69, 9.17) is 4.74 Å². The second-order valence-electron chi connectivity index (χ2n) is 5.87. The highest BCUT2D eigenvalue weighted by atomic mass is 32.1. The average molecular weight is 399 g/mol. The number of halogens is 1. The number of ether oxygens (including phenoxy) is 1. The molecule has 3 rings (SSSR count). The lowest BCUT2D eigenvalue weighted by atomic mass is 10.1. The van der Waals surface area contributed by atoms with Crippen molar-refractivity contribution in [3.63, 3.8) is 0 Å². The summed E-state index contributed by atoms with van der Waals surface area (Å²) in [6.07, 6.45) is 2.16. The number of hydrogen-bond donors (Lipinski definition) is 2. The van der Waals surface area contributed by atoms with Gasteiger partial charge in [-0.25, -0.2) is 9.37 Å². The molecule has 8 heteroatoms. The molecule has 6 nitrogen and oxygen atoms in total. The predicted molar refractivity (Wildman–Crippen MR) is 105 cm³/mol. The van der Waals surface area contributed by atoms with Crippen molar-refractivity contribution >= 4 is 28.3 Å². The molecule has 0 radical (unpaired) electrons. The number of carbonyl (C=O) groups excluding carboxylic acids is 2. The molecule has 0 saturated heterocycles. The first-order chi connectivity index (χ1) is 13.6. The molecule has 0 atom stereocenters. The van der Waals surface area contributed by atoms with E-state index in [0.29, 0.717) is 17.3 Å². The molecule has 0 aliphatic rings. The summed E-state index contributed by atoms with van der Waals surface area (Å²) in [6.45, 7) is -0.359. The van der Waals surface area contributed by atoms with Crippen molar-refractivity contribution < 1.29 is 18.7 Å². The van der Waals surface area contributed by atoms with Crippen LogP contribution < -0.4 is 15.4 Å². The lowest BCUT2D eigenvalue weighted by Gasteiger charge is -2.07. The summed E-state index contributed by atoms with van der Waals surface area (Å²) in [7, 11) is 0. The number of para-hydroxylation sites is 1. The van der Waals surface area contributed by atoms with Gasteiger partial charge in [0.05, 0.1) is 6.54 Å². The maximum Gasteiger partial charge on any atom is 0.258 e. The maximum absolute atomic E-state index is 13.2. The standard InChI is InChI=1S/C20H18FN3O3S/c21-15-6-4-5-14(9-15)10-17-11-23-20(28-17)24-18(25)12-22-19(26)13-27-16-7-2-1-3-8-16/h1-9,11H,10,12-13H2,(H,22,26)(H,23,24,25). The monoisotopic (exact) mass is 399 g/mol. The summed E-state index contributed by atoms with van der Waals surface area (Å²) in [5.74, 6) is -0.497. The first-order valence-electron chi connectivity index (χ1n) is 8.52. The summed E-state index contributed by atoms with van der Waals surface area (Å²) >= 11 is 1.30. The van der Waals surface area contributed by atoms with Crippen molar-refractivity contribution in [3.8, 4) is 5.75 Å². The van der Waals surface area contributed by atoms with Gasteiger partial charge in [0.25, 0.3) is 5.91 Å². The molecule has 1 aromatic heterocycles. The first kappa shape index (κ1) is 19.5. The van der Waals surface area contributed by atoms with Crippen molar-refractivity contribution in [2.45, 2.75) is 6.42 Å². The Labute approximate surface area is 165 Å². The van der Waals surface area contributed by atoms with E-state index in [-0.39, 0.29) is 24.9 Å². The van der Waals surface area contributed by atoms with Gasteiger partial charge in [-0.15, -0.1) is 11.3 Å². The Morgan fingerprint density at radius 3 is 2.68 bits per heavy atom. The molecule has 0 spiro atoms. The summed E-state index contributed by atoms with van der Waals surface area (Å²) in [6, 6.07) is 15.3. The molecule has 0 bridgehead atoms. The highest BCUT2D eigenvalue weighted by molar-refractivity contribution is 7.15. The third-order valence-electron chi connectivity index (χ3n) is 3.63. The van der Waals surface area contributed by atoms with Gasteiger partial charge in [-0.05, 0) is 29.8 Å². The fraction of sp³-hybridized carbons (Fsp3) is 0.150. The molecule has 144 valence electrons. The largest absolute Gasteiger partial charge is 0.484 e. The Morgan fingerprint density at radius 2 is 1.89 bits per heavy atom. The van der Waals surface area contributed by atoms with Gasteiger partial charge < -0.3 is 15.4 Å². The smallest absolute Gasteiger partial charge is 0.258 e. The number of anilines is 1. The van der Waals surface area contributed by atoms with Gasteiger partial charge in [-0.2, -0.15) is 0 Å². The molecule has 1 heterocycles. The van der Waals surface area contributed by atoms with Gasteiger partial charge in [0.1, 0.15) is 11.6 Å². The normalized spacial score (nSPS) is 10.3. The predicted octanol–water partition coefficient (Wildman–Crippen LogP) is 3.01. The Kier molecular flexibility index (Phi) is 6.69. The number of benzene rings is 2. The van der Waals surface area contributed by atoms with E-state index >= 15 is 0 Å². The van der Waals surface area contributed by atoms with E-state index in [2.05, 4.69) is 15.6 Å². The number of nitrogens with one attached hydrogen (secondary N) is 2. The highest BCUT2D eigenvalue weighted by Gasteiger charge is 2.10. The van der Waals surface area contributed by atoms with Crippen LogP contribution in [0.25, 0.3) is 0 Å². The van der Waals surface area contributed by atoms with Crippen molar-refractivity contribution in [1.29, 1.82) is 0 Å². The molecule has 2 aromatic carbocycles. The lowest BCUT2D eigenvalue weighted by Crippen LogP contribution is -2.35. The SMILES string of the molecule is O=C(COc1ccccc1)NCC(=O)Nc1ncc(Cc2cccc(F)c2)s1. The number of rotatable bonds is 8. The van der Waals surface area contributed by atoms with Gasteiger partial charge in [0.2, 0.25) is 5.91 Å². The fourth-order valence-electron chi connectivity index (χ4n) is 2.35. The van der Waals surface area contributed by atoms with Gasteiger partial charge in [-0.3, -0.25) is 9.59 Å². The zero-order valence-corrected chi connectivity index (χ0v) is 15.7. The summed E-state index contributed by atoms with van der Waals surface area (Å²) in [4.78, 5) is 28.7. The minimum Gasteiger partial charge on any atom is -0.484 e. The third-order valence-corrected chi connectivity index (χ3v) is 4.54. The van der Waals surface area contributed by atoms with Crippen LogP contribution in [0.3, 0.4) is 0 Å². The van der Waals surface area contributed by atoms with Gasteiger partial charge in [0, 0.05) is 17.5 Å². The molecule has 0 unspecified atom stereocenters. The average Bonchev–Trinajstić information content (AvgIpc) is 3.12. The van der Waals surface area contributed by atoms with Crippen molar-refractivity contribution in [2.24, 2.45) is 0 Å². The van der Waals surface area contributed by atoms with Crippen LogP contribution in [0.2, 0.25) is 0 Å². The molecule has 2 N–H and O–H groups in total. The highest BCUT2D eigenvalue weighted by Crippen LogP contribution is 2.21. The molecule has 0 fully saturated rings. The first-order valence-corrected chi connectivity index (χ1v) is 9.34. The number of carbonyl (C=O) groups is 2. The van der Waals surface area contributed by atoms with Crippen molar-refractivity contribution in [1.82, 2.24) is 10.3 Å². The van der Waals surface area contributed by atoms with Crippen LogP contribution >= 0.6 is 11.3 Å². The molecular formula is C20H18FN3O3S. The number of thiazole rings is 1. The molecule has 2 amide bonds. The Morgan fingerprint density at radius 1 is 1.07 bits per heavy atom. The minimum atomic E-state index is -0.398. The lowest BCUT2D eigenvalue weighted by molar-refractivity contribution is -0.125. The molecule has 0 aliphatic carbocycles. The minimum absolute atomic E-state index is 0.174. The van der Waals surface area contributed by atoms with Crippen molar-refractivity contribution in [3.05, 3.63) is 77.1 Å². The number of hydrogen-bond acceptors (Lipinski definition) is 5. The second-order valence-corrected chi connectivity index (χ2v) is 6.98. The van der Waals surface area contributed by atoms with Crippen LogP contribution in [0.15, 0.2) is 60.8 Å². The summed E-state index contributed by atoms with van der Waals surface area (Å²) < 4.78 is 18.5. The van der Waals surface area contributed by atoms with Gasteiger partial charge >= 0.3 is 0 Å². The van der Waals surface area contributed by atoms with E-state index in [0.717, 1.165) is 10.4 Å². The van der Waals surface area contributed by atoms with E-state index in [1.165, 1.54) is 23.5 Å². The van der Waals surface area contributed by atoms with Crippen LogP contribution in [0, 0.1) is 5.82 Å². The molecule has 0 aliphatic heterocycles. The maximum atomic E-state index is 13.2. The van der Waals surface area contributed by atoms with E-state index in [1.807, 2.05) is 12.1 Å². The van der Waals surface area contributed by atoms with Crippen LogP contribution in [0.1, 0.15) is 10.4 Å². The Hall–Kier alpha value is -3.26. The van der Waals surface area contributed by atoms with Gasteiger partial charge in [0.15, 0.2) is 11.7 Å². The third kappa shape index (κ3) is 6.17. The molecule has 28 heavy (non-hydrogen) atoms. The van der Waals surface area contributed by atoms with E-state index < -0.39 is 5.91 Å². The number of aromatic nitrogens is 1. The molecule has 0 saturated carbocycles. The number of amides is 2.